The van der Waals surface area contributed by atoms with E-state index in [1.54, 1.807) is 0 Å². The fourth-order valence-corrected chi connectivity index (χ4v) is 3.66. The highest BCUT2D eigenvalue weighted by Gasteiger charge is 2.18. The topological polar surface area (TPSA) is 61.3 Å². The van der Waals surface area contributed by atoms with Gasteiger partial charge in [0.05, 0.1) is 18.9 Å². The van der Waals surface area contributed by atoms with Gasteiger partial charge in [0, 0.05) is 11.8 Å². The number of esters is 1. The zero-order chi connectivity index (χ0) is 23.7. The SMILES string of the molecule is CCCCCCCCOC(=O)c1cnc(OCCCCCC(C)CC)nc1-c1ccccc1. The molecule has 33 heavy (non-hydrogen) atoms. The summed E-state index contributed by atoms with van der Waals surface area (Å²) < 4.78 is 11.3. The standard InChI is InChI=1S/C28H42N2O3/c1-4-6-7-8-9-15-20-32-27(31)25-22-29-28(30-26(25)24-18-13-10-14-19-24)33-21-16-11-12-17-23(3)5-2/h10,13-14,18-19,22-23H,4-9,11-12,15-17,20-21H2,1-3H3. The molecule has 0 spiro atoms. The van der Waals surface area contributed by atoms with Crippen LogP contribution in [-0.4, -0.2) is 29.2 Å². The van der Waals surface area contributed by atoms with Crippen LogP contribution in [0.2, 0.25) is 0 Å². The minimum Gasteiger partial charge on any atom is -0.463 e. The Hall–Kier alpha value is -2.43. The summed E-state index contributed by atoms with van der Waals surface area (Å²) in [7, 11) is 0. The fourth-order valence-electron chi connectivity index (χ4n) is 3.66. The summed E-state index contributed by atoms with van der Waals surface area (Å²) in [4.78, 5) is 21.6. The van der Waals surface area contributed by atoms with E-state index in [2.05, 4.69) is 30.7 Å². The van der Waals surface area contributed by atoms with E-state index >= 15 is 0 Å². The molecule has 1 aromatic heterocycles. The Morgan fingerprint density at radius 1 is 0.909 bits per heavy atom. The van der Waals surface area contributed by atoms with E-state index in [9.17, 15) is 4.79 Å². The van der Waals surface area contributed by atoms with Crippen LogP contribution in [0, 0.1) is 5.92 Å². The molecule has 2 rings (SSSR count). The Kier molecular flexibility index (Phi) is 13.2. The molecule has 1 heterocycles. The molecule has 5 heteroatoms. The van der Waals surface area contributed by atoms with Crippen LogP contribution in [0.25, 0.3) is 11.3 Å². The van der Waals surface area contributed by atoms with Crippen molar-refractivity contribution in [3.05, 3.63) is 42.1 Å². The predicted molar refractivity (Wildman–Crippen MR) is 135 cm³/mol. The highest BCUT2D eigenvalue weighted by molar-refractivity contribution is 5.95. The van der Waals surface area contributed by atoms with Crippen molar-refractivity contribution in [2.24, 2.45) is 5.92 Å². The molecule has 0 aliphatic heterocycles. The number of rotatable bonds is 17. The van der Waals surface area contributed by atoms with Gasteiger partial charge in [-0.25, -0.2) is 9.78 Å². The van der Waals surface area contributed by atoms with Crippen LogP contribution in [0.3, 0.4) is 0 Å². The summed E-state index contributed by atoms with van der Waals surface area (Å²) in [6.07, 6.45) is 14.3. The van der Waals surface area contributed by atoms with Gasteiger partial charge in [0.25, 0.3) is 0 Å². The number of nitrogens with zero attached hydrogens (tertiary/aromatic N) is 2. The summed E-state index contributed by atoms with van der Waals surface area (Å²) in [5.41, 5.74) is 1.79. The van der Waals surface area contributed by atoms with Crippen LogP contribution < -0.4 is 4.74 Å². The molecule has 1 unspecified atom stereocenters. The first kappa shape index (κ1) is 26.8. The van der Waals surface area contributed by atoms with Crippen molar-refractivity contribution < 1.29 is 14.3 Å². The number of ether oxygens (including phenoxy) is 2. The number of benzene rings is 1. The first-order valence-electron chi connectivity index (χ1n) is 12.9. The molecule has 1 aromatic carbocycles. The zero-order valence-electron chi connectivity index (χ0n) is 20.9. The normalized spacial score (nSPS) is 11.8. The average Bonchev–Trinajstić information content (AvgIpc) is 2.85. The first-order chi connectivity index (χ1) is 16.2. The molecule has 0 aliphatic carbocycles. The molecule has 182 valence electrons. The smallest absolute Gasteiger partial charge is 0.341 e. The molecule has 0 amide bonds. The van der Waals surface area contributed by atoms with Gasteiger partial charge in [-0.15, -0.1) is 0 Å². The fraction of sp³-hybridized carbons (Fsp3) is 0.607. The van der Waals surface area contributed by atoms with Crippen molar-refractivity contribution in [3.8, 4) is 17.3 Å². The van der Waals surface area contributed by atoms with Crippen LogP contribution in [0.15, 0.2) is 36.5 Å². The van der Waals surface area contributed by atoms with Gasteiger partial charge in [-0.2, -0.15) is 4.98 Å². The van der Waals surface area contributed by atoms with Crippen molar-refractivity contribution in [2.75, 3.05) is 13.2 Å². The van der Waals surface area contributed by atoms with E-state index < -0.39 is 0 Å². The first-order valence-corrected chi connectivity index (χ1v) is 12.9. The number of aromatic nitrogens is 2. The molecule has 1 atom stereocenters. The second kappa shape index (κ2) is 16.2. The lowest BCUT2D eigenvalue weighted by Gasteiger charge is -2.11. The number of carbonyl (C=O) groups excluding carboxylic acids is 1. The van der Waals surface area contributed by atoms with Crippen LogP contribution in [-0.2, 0) is 4.74 Å². The summed E-state index contributed by atoms with van der Waals surface area (Å²) in [6.45, 7) is 7.75. The minimum atomic E-state index is -0.376. The summed E-state index contributed by atoms with van der Waals surface area (Å²) in [6, 6.07) is 9.99. The Morgan fingerprint density at radius 2 is 1.61 bits per heavy atom. The van der Waals surface area contributed by atoms with E-state index in [1.807, 2.05) is 30.3 Å². The van der Waals surface area contributed by atoms with Crippen LogP contribution in [0.1, 0.15) is 102 Å². The van der Waals surface area contributed by atoms with Gasteiger partial charge in [0.2, 0.25) is 0 Å². The van der Waals surface area contributed by atoms with Gasteiger partial charge in [0.1, 0.15) is 5.56 Å². The average molecular weight is 455 g/mol. The Balaban J connectivity index is 1.91. The van der Waals surface area contributed by atoms with Crippen molar-refractivity contribution >= 4 is 5.97 Å². The van der Waals surface area contributed by atoms with Gasteiger partial charge in [-0.05, 0) is 18.8 Å². The zero-order valence-corrected chi connectivity index (χ0v) is 20.9. The number of hydrogen-bond donors (Lipinski definition) is 0. The maximum Gasteiger partial charge on any atom is 0.341 e. The van der Waals surface area contributed by atoms with Crippen molar-refractivity contribution in [3.63, 3.8) is 0 Å². The van der Waals surface area contributed by atoms with Crippen LogP contribution >= 0.6 is 0 Å². The quantitative estimate of drug-likeness (QED) is 0.181. The number of hydrogen-bond acceptors (Lipinski definition) is 5. The number of carbonyl (C=O) groups is 1. The van der Waals surface area contributed by atoms with E-state index in [-0.39, 0.29) is 5.97 Å². The Labute approximate surface area is 200 Å². The van der Waals surface area contributed by atoms with Crippen molar-refractivity contribution in [2.45, 2.75) is 91.4 Å². The molecule has 5 nitrogen and oxygen atoms in total. The molecule has 0 saturated carbocycles. The third-order valence-corrected chi connectivity index (χ3v) is 6.03. The predicted octanol–water partition coefficient (Wildman–Crippen LogP) is 7.65. The van der Waals surface area contributed by atoms with Gasteiger partial charge >= 0.3 is 12.0 Å². The van der Waals surface area contributed by atoms with Crippen molar-refractivity contribution in [1.29, 1.82) is 0 Å². The number of unbranched alkanes of at least 4 members (excludes halogenated alkanes) is 7. The molecular weight excluding hydrogens is 412 g/mol. The van der Waals surface area contributed by atoms with Crippen molar-refractivity contribution in [1.82, 2.24) is 9.97 Å². The molecule has 0 radical (unpaired) electrons. The molecular formula is C28H42N2O3. The Morgan fingerprint density at radius 3 is 2.36 bits per heavy atom. The highest BCUT2D eigenvalue weighted by atomic mass is 16.5. The highest BCUT2D eigenvalue weighted by Crippen LogP contribution is 2.24. The van der Waals surface area contributed by atoms with E-state index in [0.717, 1.165) is 37.2 Å². The van der Waals surface area contributed by atoms with Gasteiger partial charge in [-0.3, -0.25) is 0 Å². The van der Waals surface area contributed by atoms with E-state index in [0.29, 0.717) is 30.5 Å². The lowest BCUT2D eigenvalue weighted by Crippen LogP contribution is -2.11. The van der Waals surface area contributed by atoms with E-state index in [4.69, 9.17) is 9.47 Å². The molecule has 0 aliphatic rings. The molecule has 0 bridgehead atoms. The monoisotopic (exact) mass is 454 g/mol. The maximum absolute atomic E-state index is 12.8. The van der Waals surface area contributed by atoms with Gasteiger partial charge in [0.15, 0.2) is 0 Å². The summed E-state index contributed by atoms with van der Waals surface area (Å²) in [5.74, 6) is 0.412. The van der Waals surface area contributed by atoms with Crippen LogP contribution in [0.4, 0.5) is 0 Å². The molecule has 2 aromatic rings. The lowest BCUT2D eigenvalue weighted by atomic mass is 10.0. The molecule has 0 fully saturated rings. The summed E-state index contributed by atoms with van der Waals surface area (Å²) in [5, 5.41) is 0. The van der Waals surface area contributed by atoms with Gasteiger partial charge in [-0.1, -0.05) is 109 Å². The van der Waals surface area contributed by atoms with E-state index in [1.165, 1.54) is 51.1 Å². The Bertz CT molecular complexity index is 795. The van der Waals surface area contributed by atoms with Gasteiger partial charge < -0.3 is 9.47 Å². The minimum absolute atomic E-state index is 0.309. The third-order valence-electron chi connectivity index (χ3n) is 6.03. The second-order valence-corrected chi connectivity index (χ2v) is 8.90. The second-order valence-electron chi connectivity index (χ2n) is 8.90. The summed E-state index contributed by atoms with van der Waals surface area (Å²) >= 11 is 0. The largest absolute Gasteiger partial charge is 0.463 e. The maximum atomic E-state index is 12.8. The third kappa shape index (κ3) is 10.4. The van der Waals surface area contributed by atoms with Crippen LogP contribution in [0.5, 0.6) is 6.01 Å². The molecule has 0 saturated heterocycles. The lowest BCUT2D eigenvalue weighted by molar-refractivity contribution is 0.0497. The molecule has 0 N–H and O–H groups in total.